The van der Waals surface area contributed by atoms with Gasteiger partial charge in [0.2, 0.25) is 5.91 Å². The zero-order chi connectivity index (χ0) is 17.9. The summed E-state index contributed by atoms with van der Waals surface area (Å²) >= 11 is 0. The third-order valence-electron chi connectivity index (χ3n) is 3.77. The van der Waals surface area contributed by atoms with Crippen molar-refractivity contribution in [3.05, 3.63) is 78.4 Å². The Hall–Kier alpha value is -2.92. The molecular weight excluding hydrogens is 334 g/mol. The van der Waals surface area contributed by atoms with Crippen molar-refractivity contribution in [3.8, 4) is 0 Å². The van der Waals surface area contributed by atoms with Crippen molar-refractivity contribution in [2.24, 2.45) is 0 Å². The molecule has 0 aromatic heterocycles. The van der Waals surface area contributed by atoms with Crippen LogP contribution in [0.4, 0.5) is 5.69 Å². The summed E-state index contributed by atoms with van der Waals surface area (Å²) < 4.78 is 23.2. The first kappa shape index (κ1) is 16.9. The van der Waals surface area contributed by atoms with Crippen molar-refractivity contribution in [1.82, 2.24) is 0 Å². The molecule has 0 aliphatic heterocycles. The molecule has 0 aliphatic carbocycles. The predicted octanol–water partition coefficient (Wildman–Crippen LogP) is 3.90. The van der Waals surface area contributed by atoms with E-state index >= 15 is 0 Å². The largest absolute Gasteiger partial charge is 0.322 e. The molecule has 0 bridgehead atoms. The van der Waals surface area contributed by atoms with Crippen LogP contribution in [0.1, 0.15) is 5.56 Å². The molecule has 0 fully saturated rings. The second-order valence-electron chi connectivity index (χ2n) is 5.69. The van der Waals surface area contributed by atoms with E-state index < -0.39 is 9.84 Å². The number of amides is 1. The van der Waals surface area contributed by atoms with E-state index in [1.54, 1.807) is 18.2 Å². The summed E-state index contributed by atoms with van der Waals surface area (Å²) in [6, 6.07) is 20.0. The molecule has 0 radical (unpaired) electrons. The highest BCUT2D eigenvalue weighted by Crippen LogP contribution is 2.20. The SMILES string of the molecule is CS(=O)(=O)c1cccc(NC(=O)/C=C/c2cccc3ccccc23)c1. The van der Waals surface area contributed by atoms with Gasteiger partial charge in [0.25, 0.3) is 0 Å². The number of fused-ring (bicyclic) bond motifs is 1. The molecule has 0 unspecified atom stereocenters. The van der Waals surface area contributed by atoms with E-state index in [4.69, 9.17) is 0 Å². The van der Waals surface area contributed by atoms with E-state index in [-0.39, 0.29) is 10.8 Å². The number of hydrogen-bond acceptors (Lipinski definition) is 3. The molecule has 0 spiro atoms. The number of sulfone groups is 1. The van der Waals surface area contributed by atoms with Crippen LogP contribution < -0.4 is 5.32 Å². The zero-order valence-electron chi connectivity index (χ0n) is 13.6. The van der Waals surface area contributed by atoms with Crippen LogP contribution in [0.15, 0.2) is 77.7 Å². The lowest BCUT2D eigenvalue weighted by atomic mass is 10.0. The summed E-state index contributed by atoms with van der Waals surface area (Å²) in [4.78, 5) is 12.3. The molecule has 0 saturated heterocycles. The van der Waals surface area contributed by atoms with Crippen LogP contribution in [0.3, 0.4) is 0 Å². The average Bonchev–Trinajstić information content (AvgIpc) is 2.59. The van der Waals surface area contributed by atoms with Crippen molar-refractivity contribution in [2.45, 2.75) is 4.90 Å². The fourth-order valence-electron chi connectivity index (χ4n) is 2.55. The minimum absolute atomic E-state index is 0.170. The van der Waals surface area contributed by atoms with Crippen LogP contribution in [-0.4, -0.2) is 20.6 Å². The van der Waals surface area contributed by atoms with Crippen LogP contribution >= 0.6 is 0 Å². The Morgan fingerprint density at radius 2 is 1.68 bits per heavy atom. The summed E-state index contributed by atoms with van der Waals surface area (Å²) in [5.74, 6) is -0.321. The zero-order valence-corrected chi connectivity index (χ0v) is 14.5. The molecule has 0 heterocycles. The van der Waals surface area contributed by atoms with Crippen LogP contribution in [-0.2, 0) is 14.6 Å². The van der Waals surface area contributed by atoms with Gasteiger partial charge in [-0.15, -0.1) is 0 Å². The van der Waals surface area contributed by atoms with Gasteiger partial charge in [-0.2, -0.15) is 0 Å². The Bertz CT molecular complexity index is 1060. The first-order valence-corrected chi connectivity index (χ1v) is 9.59. The summed E-state index contributed by atoms with van der Waals surface area (Å²) in [5.41, 5.74) is 1.38. The quantitative estimate of drug-likeness (QED) is 0.725. The molecular formula is C20H17NO3S. The van der Waals surface area contributed by atoms with Crippen LogP contribution in [0.2, 0.25) is 0 Å². The normalized spacial score (nSPS) is 11.7. The number of rotatable bonds is 4. The van der Waals surface area contributed by atoms with E-state index in [1.807, 2.05) is 42.5 Å². The molecule has 126 valence electrons. The molecule has 3 aromatic rings. The van der Waals surface area contributed by atoms with Gasteiger partial charge in [-0.25, -0.2) is 8.42 Å². The smallest absolute Gasteiger partial charge is 0.248 e. The van der Waals surface area contributed by atoms with Gasteiger partial charge >= 0.3 is 0 Å². The molecule has 0 aliphatic rings. The van der Waals surface area contributed by atoms with Gasteiger partial charge in [-0.1, -0.05) is 48.5 Å². The maximum absolute atomic E-state index is 12.1. The lowest BCUT2D eigenvalue weighted by molar-refractivity contribution is -0.111. The van der Waals surface area contributed by atoms with Crippen molar-refractivity contribution in [1.29, 1.82) is 0 Å². The lowest BCUT2D eigenvalue weighted by Crippen LogP contribution is -2.08. The number of carbonyl (C=O) groups is 1. The fraction of sp³-hybridized carbons (Fsp3) is 0.0500. The number of benzene rings is 3. The lowest BCUT2D eigenvalue weighted by Gasteiger charge is -2.05. The summed E-state index contributed by atoms with van der Waals surface area (Å²) in [5, 5.41) is 4.85. The second kappa shape index (κ2) is 6.91. The van der Waals surface area contributed by atoms with Gasteiger partial charge < -0.3 is 5.32 Å². The van der Waals surface area contributed by atoms with E-state index in [2.05, 4.69) is 5.32 Å². The molecule has 3 aromatic carbocycles. The Balaban J connectivity index is 1.80. The third-order valence-corrected chi connectivity index (χ3v) is 4.88. The Labute approximate surface area is 146 Å². The molecule has 1 N–H and O–H groups in total. The highest BCUT2D eigenvalue weighted by atomic mass is 32.2. The predicted molar refractivity (Wildman–Crippen MR) is 101 cm³/mol. The van der Waals surface area contributed by atoms with Crippen molar-refractivity contribution in [2.75, 3.05) is 11.6 Å². The molecule has 1 amide bonds. The van der Waals surface area contributed by atoms with Crippen LogP contribution in [0.25, 0.3) is 16.8 Å². The van der Waals surface area contributed by atoms with Gasteiger partial charge in [0.1, 0.15) is 0 Å². The summed E-state index contributed by atoms with van der Waals surface area (Å²) in [6.07, 6.45) is 4.32. The number of hydrogen-bond donors (Lipinski definition) is 1. The Morgan fingerprint density at radius 1 is 0.960 bits per heavy atom. The number of anilines is 1. The minimum Gasteiger partial charge on any atom is -0.322 e. The Morgan fingerprint density at radius 3 is 2.48 bits per heavy atom. The second-order valence-corrected chi connectivity index (χ2v) is 7.71. The first-order chi connectivity index (χ1) is 11.9. The number of nitrogens with one attached hydrogen (secondary N) is 1. The Kier molecular flexibility index (Phi) is 4.67. The van der Waals surface area contributed by atoms with E-state index in [0.717, 1.165) is 22.6 Å². The highest BCUT2D eigenvalue weighted by Gasteiger charge is 2.08. The van der Waals surface area contributed by atoms with Crippen molar-refractivity contribution in [3.63, 3.8) is 0 Å². The molecule has 5 heteroatoms. The van der Waals surface area contributed by atoms with Gasteiger partial charge in [0, 0.05) is 18.0 Å². The minimum atomic E-state index is -3.31. The molecule has 25 heavy (non-hydrogen) atoms. The van der Waals surface area contributed by atoms with Gasteiger partial charge in [0.05, 0.1) is 4.90 Å². The topological polar surface area (TPSA) is 63.2 Å². The maximum atomic E-state index is 12.1. The molecule has 0 atom stereocenters. The van der Waals surface area contributed by atoms with Crippen LogP contribution in [0.5, 0.6) is 0 Å². The van der Waals surface area contributed by atoms with Crippen LogP contribution in [0, 0.1) is 0 Å². The average molecular weight is 351 g/mol. The summed E-state index contributed by atoms with van der Waals surface area (Å²) in [7, 11) is -3.31. The standard InChI is InChI=1S/C20H17NO3S/c1-25(23,24)18-10-5-9-17(14-18)21-20(22)13-12-16-8-4-7-15-6-2-3-11-19(15)16/h2-14H,1H3,(H,21,22)/b13-12+. The summed E-state index contributed by atoms with van der Waals surface area (Å²) in [6.45, 7) is 0. The van der Waals surface area contributed by atoms with Gasteiger partial charge in [-0.05, 0) is 40.6 Å². The highest BCUT2D eigenvalue weighted by molar-refractivity contribution is 7.90. The fourth-order valence-corrected chi connectivity index (χ4v) is 3.22. The number of carbonyl (C=O) groups excluding carboxylic acids is 1. The van der Waals surface area contributed by atoms with Gasteiger partial charge in [0.15, 0.2) is 9.84 Å². The maximum Gasteiger partial charge on any atom is 0.248 e. The molecule has 0 saturated carbocycles. The van der Waals surface area contributed by atoms with E-state index in [9.17, 15) is 13.2 Å². The van der Waals surface area contributed by atoms with E-state index in [1.165, 1.54) is 18.2 Å². The van der Waals surface area contributed by atoms with Crippen molar-refractivity contribution < 1.29 is 13.2 Å². The molecule has 4 nitrogen and oxygen atoms in total. The van der Waals surface area contributed by atoms with Crippen molar-refractivity contribution >= 4 is 38.3 Å². The van der Waals surface area contributed by atoms with Gasteiger partial charge in [-0.3, -0.25) is 4.79 Å². The molecule has 3 rings (SSSR count). The monoisotopic (exact) mass is 351 g/mol. The third kappa shape index (κ3) is 4.14. The first-order valence-electron chi connectivity index (χ1n) is 7.70. The van der Waals surface area contributed by atoms with E-state index in [0.29, 0.717) is 5.69 Å².